The first kappa shape index (κ1) is 16.3. The molecule has 2 N–H and O–H groups in total. The lowest BCUT2D eigenvalue weighted by Gasteiger charge is -2.41. The summed E-state index contributed by atoms with van der Waals surface area (Å²) in [6.45, 7) is 6.74. The Morgan fingerprint density at radius 2 is 1.95 bits per heavy atom. The average Bonchev–Trinajstić information content (AvgIpc) is 2.36. The van der Waals surface area contributed by atoms with E-state index in [9.17, 15) is 4.39 Å². The maximum Gasteiger partial charge on any atom is 0.146 e. The van der Waals surface area contributed by atoms with Gasteiger partial charge in [0.25, 0.3) is 0 Å². The third kappa shape index (κ3) is 3.20. The zero-order chi connectivity index (χ0) is 15.1. The largest absolute Gasteiger partial charge is 0.327 e. The van der Waals surface area contributed by atoms with Crippen LogP contribution in [0.3, 0.4) is 0 Å². The molecule has 0 aromatic heterocycles. The van der Waals surface area contributed by atoms with Gasteiger partial charge in [-0.05, 0) is 58.2 Å². The minimum Gasteiger partial charge on any atom is -0.327 e. The van der Waals surface area contributed by atoms with E-state index in [0.29, 0.717) is 16.0 Å². The van der Waals surface area contributed by atoms with Gasteiger partial charge in [-0.1, -0.05) is 38.4 Å². The fourth-order valence-electron chi connectivity index (χ4n) is 3.17. The van der Waals surface area contributed by atoms with E-state index < -0.39 is 0 Å². The summed E-state index contributed by atoms with van der Waals surface area (Å²) in [6.07, 6.45) is 2.99. The fraction of sp³-hybridized carbons (Fsp3) is 0.625. The summed E-state index contributed by atoms with van der Waals surface area (Å²) >= 11 is 9.27. The first-order valence-electron chi connectivity index (χ1n) is 7.10. The van der Waals surface area contributed by atoms with E-state index in [4.69, 9.17) is 17.3 Å². The Hall–Kier alpha value is -0.120. The molecule has 0 heterocycles. The Morgan fingerprint density at radius 1 is 1.30 bits per heavy atom. The summed E-state index contributed by atoms with van der Waals surface area (Å²) < 4.78 is 15.0. The van der Waals surface area contributed by atoms with Crippen LogP contribution in [-0.4, -0.2) is 6.04 Å². The minimum atomic E-state index is -0.323. The van der Waals surface area contributed by atoms with Crippen molar-refractivity contribution in [2.45, 2.75) is 52.0 Å². The quantitative estimate of drug-likeness (QED) is 0.656. The van der Waals surface area contributed by atoms with Gasteiger partial charge in [-0.15, -0.1) is 0 Å². The van der Waals surface area contributed by atoms with Gasteiger partial charge in [0.1, 0.15) is 5.82 Å². The second-order valence-electron chi connectivity index (χ2n) is 6.91. The monoisotopic (exact) mass is 361 g/mol. The molecule has 3 atom stereocenters. The topological polar surface area (TPSA) is 26.0 Å². The molecule has 0 spiro atoms. The third-order valence-electron chi connectivity index (χ3n) is 4.59. The number of hydrogen-bond acceptors (Lipinski definition) is 1. The van der Waals surface area contributed by atoms with Crippen LogP contribution in [0.15, 0.2) is 16.6 Å². The predicted octanol–water partition coefficient (Wildman–Crippen LogP) is 5.50. The highest BCUT2D eigenvalue weighted by Gasteiger charge is 2.36. The number of benzene rings is 1. The van der Waals surface area contributed by atoms with E-state index in [-0.39, 0.29) is 28.2 Å². The van der Waals surface area contributed by atoms with E-state index in [1.54, 1.807) is 0 Å². The Morgan fingerprint density at radius 3 is 2.55 bits per heavy atom. The van der Waals surface area contributed by atoms with Gasteiger partial charge in [-0.2, -0.15) is 0 Å². The van der Waals surface area contributed by atoms with Gasteiger partial charge >= 0.3 is 0 Å². The van der Waals surface area contributed by atoms with Gasteiger partial charge in [0.2, 0.25) is 0 Å². The molecule has 1 aromatic carbocycles. The standard InChI is InChI=1S/C16H22BrClFN/c1-16(2,3)9-4-7-13(20)11(8-9)10-5-6-12(17)14(18)15(10)19/h5-6,9,11,13H,4,7-8,20H2,1-3H3. The van der Waals surface area contributed by atoms with Gasteiger partial charge in [-0.25, -0.2) is 4.39 Å². The maximum absolute atomic E-state index is 14.4. The molecule has 4 heteroatoms. The summed E-state index contributed by atoms with van der Waals surface area (Å²) in [5, 5.41) is 0.160. The van der Waals surface area contributed by atoms with Crippen molar-refractivity contribution in [3.63, 3.8) is 0 Å². The summed E-state index contributed by atoms with van der Waals surface area (Å²) in [5.41, 5.74) is 7.15. The lowest BCUT2D eigenvalue weighted by Crippen LogP contribution is -2.38. The molecule has 0 amide bonds. The summed E-state index contributed by atoms with van der Waals surface area (Å²) in [6, 6.07) is 3.65. The van der Waals surface area contributed by atoms with Crippen molar-refractivity contribution in [2.24, 2.45) is 17.1 Å². The van der Waals surface area contributed by atoms with E-state index in [1.165, 1.54) is 0 Å². The van der Waals surface area contributed by atoms with Crippen LogP contribution >= 0.6 is 27.5 Å². The van der Waals surface area contributed by atoms with Crippen molar-refractivity contribution < 1.29 is 4.39 Å². The van der Waals surface area contributed by atoms with Crippen molar-refractivity contribution in [3.8, 4) is 0 Å². The molecule has 1 aromatic rings. The SMILES string of the molecule is CC(C)(C)C1CCC(N)C(c2ccc(Br)c(Cl)c2F)C1. The minimum absolute atomic E-state index is 0.0142. The highest BCUT2D eigenvalue weighted by atomic mass is 79.9. The second kappa shape index (κ2) is 5.94. The lowest BCUT2D eigenvalue weighted by molar-refractivity contribution is 0.152. The van der Waals surface area contributed by atoms with Gasteiger partial charge in [0.15, 0.2) is 0 Å². The van der Waals surface area contributed by atoms with E-state index in [2.05, 4.69) is 36.7 Å². The van der Waals surface area contributed by atoms with Crippen molar-refractivity contribution in [3.05, 3.63) is 33.0 Å². The van der Waals surface area contributed by atoms with Crippen LogP contribution in [0.4, 0.5) is 4.39 Å². The fourth-order valence-corrected chi connectivity index (χ4v) is 3.64. The second-order valence-corrected chi connectivity index (χ2v) is 8.14. The zero-order valence-corrected chi connectivity index (χ0v) is 14.6. The van der Waals surface area contributed by atoms with Gasteiger partial charge in [-0.3, -0.25) is 0 Å². The molecule has 3 unspecified atom stereocenters. The van der Waals surface area contributed by atoms with Crippen LogP contribution < -0.4 is 5.73 Å². The Kier molecular flexibility index (Phi) is 4.83. The number of halogens is 3. The smallest absolute Gasteiger partial charge is 0.146 e. The molecule has 1 saturated carbocycles. The van der Waals surface area contributed by atoms with Crippen LogP contribution in [0.5, 0.6) is 0 Å². The highest BCUT2D eigenvalue weighted by Crippen LogP contribution is 2.45. The van der Waals surface area contributed by atoms with Crippen molar-refractivity contribution >= 4 is 27.5 Å². The molecule has 0 aliphatic heterocycles. The molecule has 1 aliphatic carbocycles. The molecular formula is C16H22BrClFN. The summed E-state index contributed by atoms with van der Waals surface area (Å²) in [5.74, 6) is 0.295. The predicted molar refractivity (Wildman–Crippen MR) is 86.6 cm³/mol. The van der Waals surface area contributed by atoms with Gasteiger partial charge in [0, 0.05) is 16.4 Å². The van der Waals surface area contributed by atoms with Crippen LogP contribution in [0, 0.1) is 17.2 Å². The Bertz CT molecular complexity index is 498. The van der Waals surface area contributed by atoms with E-state index in [1.807, 2.05) is 12.1 Å². The zero-order valence-electron chi connectivity index (χ0n) is 12.2. The molecular weight excluding hydrogens is 341 g/mol. The molecule has 0 saturated heterocycles. The summed E-state index contributed by atoms with van der Waals surface area (Å²) in [4.78, 5) is 0. The number of nitrogens with two attached hydrogens (primary N) is 1. The highest BCUT2D eigenvalue weighted by molar-refractivity contribution is 9.10. The van der Waals surface area contributed by atoms with Crippen LogP contribution in [0.2, 0.25) is 5.02 Å². The molecule has 1 aliphatic rings. The van der Waals surface area contributed by atoms with Crippen molar-refractivity contribution in [2.75, 3.05) is 0 Å². The Balaban J connectivity index is 2.33. The number of hydrogen-bond donors (Lipinski definition) is 1. The molecule has 112 valence electrons. The van der Waals surface area contributed by atoms with Crippen molar-refractivity contribution in [1.82, 2.24) is 0 Å². The van der Waals surface area contributed by atoms with Crippen molar-refractivity contribution in [1.29, 1.82) is 0 Å². The number of rotatable bonds is 1. The third-order valence-corrected chi connectivity index (χ3v) is 5.85. The van der Waals surface area contributed by atoms with Crippen LogP contribution in [0.25, 0.3) is 0 Å². The van der Waals surface area contributed by atoms with Gasteiger partial charge in [0.05, 0.1) is 5.02 Å². The Labute approximate surface area is 134 Å². The lowest BCUT2D eigenvalue weighted by atomic mass is 9.66. The molecule has 1 fully saturated rings. The maximum atomic E-state index is 14.4. The van der Waals surface area contributed by atoms with Crippen LogP contribution in [-0.2, 0) is 0 Å². The first-order chi connectivity index (χ1) is 9.21. The summed E-state index contributed by atoms with van der Waals surface area (Å²) in [7, 11) is 0. The van der Waals surface area contributed by atoms with Crippen LogP contribution in [0.1, 0.15) is 51.5 Å². The van der Waals surface area contributed by atoms with Gasteiger partial charge < -0.3 is 5.73 Å². The molecule has 2 rings (SSSR count). The molecule has 20 heavy (non-hydrogen) atoms. The molecule has 0 radical (unpaired) electrons. The molecule has 0 bridgehead atoms. The van der Waals surface area contributed by atoms with E-state index >= 15 is 0 Å². The van der Waals surface area contributed by atoms with E-state index in [0.717, 1.165) is 19.3 Å². The first-order valence-corrected chi connectivity index (χ1v) is 8.28. The normalized spacial score (nSPS) is 27.6. The molecule has 1 nitrogen and oxygen atoms in total. The average molecular weight is 363 g/mol.